The van der Waals surface area contributed by atoms with Crippen LogP contribution in [0.1, 0.15) is 19.8 Å². The lowest BCUT2D eigenvalue weighted by molar-refractivity contribution is -0.195. The number of nitrogens with zero attached hydrogens (tertiary/aromatic N) is 1. The van der Waals surface area contributed by atoms with Gasteiger partial charge in [-0.3, -0.25) is 9.59 Å². The molecule has 1 fully saturated rings. The molecule has 0 bridgehead atoms. The van der Waals surface area contributed by atoms with Crippen LogP contribution in [0.2, 0.25) is 0 Å². The first-order valence-corrected chi connectivity index (χ1v) is 5.15. The highest BCUT2D eigenvalue weighted by Gasteiger charge is 2.31. The summed E-state index contributed by atoms with van der Waals surface area (Å²) in [6.45, 7) is 1.14. The molecular weight excluding hydrogens is 222 g/mol. The van der Waals surface area contributed by atoms with Crippen LogP contribution in [-0.2, 0) is 19.2 Å². The Balaban J connectivity index is 0.000000202. The van der Waals surface area contributed by atoms with Gasteiger partial charge >= 0.3 is 5.97 Å². The molecule has 0 N–H and O–H groups in total. The quantitative estimate of drug-likeness (QED) is 0.688. The van der Waals surface area contributed by atoms with E-state index in [9.17, 15) is 14.4 Å². The lowest BCUT2D eigenvalue weighted by atomic mass is 10.4. The monoisotopic (exact) mass is 235 g/mol. The number of imide groups is 1. The van der Waals surface area contributed by atoms with Gasteiger partial charge in [0.25, 0.3) is 11.8 Å². The molecule has 0 atom stereocenters. The molecule has 5 heteroatoms. The summed E-state index contributed by atoms with van der Waals surface area (Å²) in [5, 5.41) is 0.516. The van der Waals surface area contributed by atoms with E-state index in [0.29, 0.717) is 5.06 Å². The zero-order valence-electron chi connectivity index (χ0n) is 9.46. The maximum Gasteiger partial charge on any atom is 0.330 e. The van der Waals surface area contributed by atoms with Gasteiger partial charge in [0.1, 0.15) is 0 Å². The molecule has 90 valence electrons. The van der Waals surface area contributed by atoms with Crippen molar-refractivity contribution in [2.45, 2.75) is 19.8 Å². The van der Waals surface area contributed by atoms with E-state index >= 15 is 0 Å². The van der Waals surface area contributed by atoms with Crippen molar-refractivity contribution in [1.82, 2.24) is 5.06 Å². The smallest absolute Gasteiger partial charge is 0.330 e. The Morgan fingerprint density at radius 1 is 1.00 bits per heavy atom. The van der Waals surface area contributed by atoms with E-state index in [0.717, 1.165) is 6.92 Å². The normalized spacial score (nSPS) is 14.1. The van der Waals surface area contributed by atoms with Gasteiger partial charge in [0.2, 0.25) is 0 Å². The van der Waals surface area contributed by atoms with Gasteiger partial charge in [0.05, 0.1) is 0 Å². The van der Waals surface area contributed by atoms with Crippen molar-refractivity contribution in [3.63, 3.8) is 0 Å². The van der Waals surface area contributed by atoms with Crippen molar-refractivity contribution < 1.29 is 19.2 Å². The summed E-state index contributed by atoms with van der Waals surface area (Å²) in [5.41, 5.74) is 0. The molecule has 1 aliphatic heterocycles. The van der Waals surface area contributed by atoms with E-state index in [2.05, 4.69) is 4.84 Å². The maximum absolute atomic E-state index is 10.7. The Morgan fingerprint density at radius 3 is 1.65 bits per heavy atom. The molecule has 2 amide bonds. The van der Waals surface area contributed by atoms with Gasteiger partial charge in [-0.2, -0.15) is 0 Å². The molecule has 5 nitrogen and oxygen atoms in total. The Labute approximate surface area is 98.9 Å². The summed E-state index contributed by atoms with van der Waals surface area (Å²) in [6.07, 6.45) is 0.262. The zero-order valence-corrected chi connectivity index (χ0v) is 9.46. The summed E-state index contributed by atoms with van der Waals surface area (Å²) < 4.78 is 0. The van der Waals surface area contributed by atoms with Gasteiger partial charge in [0.15, 0.2) is 0 Å². The van der Waals surface area contributed by atoms with E-state index in [-0.39, 0.29) is 12.8 Å². The third-order valence-corrected chi connectivity index (χ3v) is 1.89. The number of hydrogen-bond donors (Lipinski definition) is 0. The van der Waals surface area contributed by atoms with Crippen LogP contribution in [0.4, 0.5) is 0 Å². The second-order valence-corrected chi connectivity index (χ2v) is 3.32. The van der Waals surface area contributed by atoms with Gasteiger partial charge in [-0.1, -0.05) is 36.4 Å². The van der Waals surface area contributed by atoms with Crippen molar-refractivity contribution >= 4 is 17.8 Å². The van der Waals surface area contributed by atoms with Gasteiger partial charge < -0.3 is 4.84 Å². The van der Waals surface area contributed by atoms with Gasteiger partial charge in [-0.05, 0) is 0 Å². The van der Waals surface area contributed by atoms with Crippen LogP contribution in [0.25, 0.3) is 0 Å². The number of amides is 2. The Bertz CT molecular complexity index is 360. The third-order valence-electron chi connectivity index (χ3n) is 1.89. The van der Waals surface area contributed by atoms with E-state index in [4.69, 9.17) is 0 Å². The van der Waals surface area contributed by atoms with Crippen LogP contribution in [0.3, 0.4) is 0 Å². The molecule has 0 aromatic heterocycles. The SMILES string of the molecule is CC(=O)ON1C(=O)CCC1=O.c1ccccc1. The molecule has 1 aliphatic rings. The molecule has 0 aliphatic carbocycles. The average molecular weight is 235 g/mol. The highest BCUT2D eigenvalue weighted by Crippen LogP contribution is 2.11. The molecule has 0 saturated carbocycles. The summed E-state index contributed by atoms with van der Waals surface area (Å²) in [6, 6.07) is 12.0. The lowest BCUT2D eigenvalue weighted by Gasteiger charge is -2.09. The van der Waals surface area contributed by atoms with Crippen LogP contribution in [0.5, 0.6) is 0 Å². The molecule has 0 radical (unpaired) electrons. The Hall–Kier alpha value is -2.17. The van der Waals surface area contributed by atoms with Crippen molar-refractivity contribution in [2.24, 2.45) is 0 Å². The number of hydrogen-bond acceptors (Lipinski definition) is 4. The standard InChI is InChI=1S/C6H7NO4.C6H6/c1-4(8)11-7-5(9)2-3-6(7)10;1-2-4-6-5-3-1/h2-3H2,1H3;1-6H. The van der Waals surface area contributed by atoms with Crippen LogP contribution in [0, 0.1) is 0 Å². The molecule has 1 aromatic rings. The first-order chi connectivity index (χ1) is 8.11. The second kappa shape index (κ2) is 6.42. The van der Waals surface area contributed by atoms with Gasteiger partial charge in [-0.25, -0.2) is 4.79 Å². The highest BCUT2D eigenvalue weighted by molar-refractivity contribution is 6.01. The lowest BCUT2D eigenvalue weighted by Crippen LogP contribution is -2.30. The Morgan fingerprint density at radius 2 is 1.35 bits per heavy atom. The number of carbonyl (C=O) groups excluding carboxylic acids is 3. The summed E-state index contributed by atoms with van der Waals surface area (Å²) in [4.78, 5) is 36.1. The fraction of sp³-hybridized carbons (Fsp3) is 0.250. The highest BCUT2D eigenvalue weighted by atomic mass is 16.7. The van der Waals surface area contributed by atoms with Crippen molar-refractivity contribution in [3.05, 3.63) is 36.4 Å². The molecule has 0 spiro atoms. The Kier molecular flexibility index (Phi) is 4.87. The van der Waals surface area contributed by atoms with Crippen molar-refractivity contribution in [3.8, 4) is 0 Å². The largest absolute Gasteiger partial charge is 0.331 e. The van der Waals surface area contributed by atoms with E-state index in [1.807, 2.05) is 36.4 Å². The van der Waals surface area contributed by atoms with E-state index in [1.54, 1.807) is 0 Å². The van der Waals surface area contributed by atoms with Gasteiger partial charge in [-0.15, -0.1) is 5.06 Å². The maximum atomic E-state index is 10.7. The number of carbonyl (C=O) groups is 3. The van der Waals surface area contributed by atoms with Crippen LogP contribution in [-0.4, -0.2) is 22.8 Å². The summed E-state index contributed by atoms with van der Waals surface area (Å²) in [7, 11) is 0. The fourth-order valence-electron chi connectivity index (χ4n) is 1.17. The predicted molar refractivity (Wildman–Crippen MR) is 59.3 cm³/mol. The predicted octanol–water partition coefficient (Wildman–Crippen LogP) is 1.30. The number of hydroxylamine groups is 2. The van der Waals surface area contributed by atoms with Crippen LogP contribution >= 0.6 is 0 Å². The van der Waals surface area contributed by atoms with Crippen molar-refractivity contribution in [1.29, 1.82) is 0 Å². The molecule has 0 unspecified atom stereocenters. The number of rotatable bonds is 1. The molecular formula is C12H13NO4. The van der Waals surface area contributed by atoms with Crippen LogP contribution < -0.4 is 0 Å². The van der Waals surface area contributed by atoms with Crippen LogP contribution in [0.15, 0.2) is 36.4 Å². The van der Waals surface area contributed by atoms with Crippen molar-refractivity contribution in [2.75, 3.05) is 0 Å². The first kappa shape index (κ1) is 12.9. The summed E-state index contributed by atoms with van der Waals surface area (Å²) in [5.74, 6) is -1.57. The minimum absolute atomic E-state index is 0.131. The molecule has 2 rings (SSSR count). The number of benzene rings is 1. The molecule has 17 heavy (non-hydrogen) atoms. The summed E-state index contributed by atoms with van der Waals surface area (Å²) >= 11 is 0. The van der Waals surface area contributed by atoms with Gasteiger partial charge in [0, 0.05) is 19.8 Å². The average Bonchev–Trinajstić information content (AvgIpc) is 2.63. The third kappa shape index (κ3) is 4.46. The molecule has 1 aromatic carbocycles. The fourth-order valence-corrected chi connectivity index (χ4v) is 1.17. The van der Waals surface area contributed by atoms with E-state index < -0.39 is 17.8 Å². The minimum atomic E-state index is -0.659. The molecule has 1 saturated heterocycles. The zero-order chi connectivity index (χ0) is 12.7. The first-order valence-electron chi connectivity index (χ1n) is 5.15. The minimum Gasteiger partial charge on any atom is -0.331 e. The topological polar surface area (TPSA) is 63.7 Å². The van der Waals surface area contributed by atoms with E-state index in [1.165, 1.54) is 0 Å². The second-order valence-electron chi connectivity index (χ2n) is 3.32. The molecule has 1 heterocycles.